The number of nitrogens with one attached hydrogen (secondary N) is 1. The Kier molecular flexibility index (Phi) is 5.56. The molecule has 0 atom stereocenters. The average Bonchev–Trinajstić information content (AvgIpc) is 3.30. The Morgan fingerprint density at radius 3 is 2.76 bits per heavy atom. The number of amides is 1. The van der Waals surface area contributed by atoms with Crippen molar-refractivity contribution in [2.45, 2.75) is 25.3 Å². The van der Waals surface area contributed by atoms with Gasteiger partial charge < -0.3 is 20.1 Å². The van der Waals surface area contributed by atoms with Gasteiger partial charge in [-0.1, -0.05) is 0 Å². The molecule has 2 aliphatic rings. The first-order chi connectivity index (χ1) is 16.3. The van der Waals surface area contributed by atoms with Crippen LogP contribution in [0.4, 0.5) is 10.2 Å². The van der Waals surface area contributed by atoms with E-state index in [1.54, 1.807) is 10.3 Å². The van der Waals surface area contributed by atoms with Crippen molar-refractivity contribution >= 4 is 40.1 Å². The van der Waals surface area contributed by atoms with Crippen molar-refractivity contribution in [2.24, 2.45) is 5.92 Å². The van der Waals surface area contributed by atoms with Gasteiger partial charge in [-0.3, -0.25) is 14.2 Å². The van der Waals surface area contributed by atoms with Gasteiger partial charge in [0, 0.05) is 37.5 Å². The second kappa shape index (κ2) is 8.44. The Morgan fingerprint density at radius 1 is 1.38 bits per heavy atom. The maximum absolute atomic E-state index is 15.0. The summed E-state index contributed by atoms with van der Waals surface area (Å²) in [6.07, 6.45) is 4.44. The summed E-state index contributed by atoms with van der Waals surface area (Å²) < 4.78 is 21.8. The molecule has 4 heterocycles. The Balaban J connectivity index is 1.42. The molecule has 0 spiro atoms. The fraction of sp³-hybridized carbons (Fsp3) is 0.409. The van der Waals surface area contributed by atoms with Crippen LogP contribution in [0.1, 0.15) is 30.1 Å². The number of halogens is 1. The third kappa shape index (κ3) is 3.92. The highest BCUT2D eigenvalue weighted by atomic mass is 32.1. The molecule has 5 rings (SSSR count). The van der Waals surface area contributed by atoms with E-state index in [1.807, 2.05) is 6.92 Å². The lowest BCUT2D eigenvalue weighted by atomic mass is 9.98. The third-order valence-electron chi connectivity index (χ3n) is 6.15. The number of thiazole rings is 1. The molecule has 1 saturated carbocycles. The predicted molar refractivity (Wildman–Crippen MR) is 122 cm³/mol. The van der Waals surface area contributed by atoms with Crippen molar-refractivity contribution in [3.63, 3.8) is 0 Å². The van der Waals surface area contributed by atoms with Crippen LogP contribution in [0, 0.1) is 11.7 Å². The number of carboxylic acid groups (broad SMARTS) is 1. The highest BCUT2D eigenvalue weighted by molar-refractivity contribution is 7.12. The van der Waals surface area contributed by atoms with E-state index >= 15 is 0 Å². The highest BCUT2D eigenvalue weighted by Gasteiger charge is 2.47. The molecular formula is C22H22FN5O5S. The molecule has 0 aromatic carbocycles. The van der Waals surface area contributed by atoms with Crippen molar-refractivity contribution in [3.05, 3.63) is 45.4 Å². The fourth-order valence-corrected chi connectivity index (χ4v) is 4.62. The van der Waals surface area contributed by atoms with Crippen molar-refractivity contribution in [1.82, 2.24) is 19.9 Å². The highest BCUT2D eigenvalue weighted by Crippen LogP contribution is 2.37. The summed E-state index contributed by atoms with van der Waals surface area (Å²) in [4.78, 5) is 47.1. The predicted octanol–water partition coefficient (Wildman–Crippen LogP) is 1.80. The van der Waals surface area contributed by atoms with Crippen LogP contribution in [-0.4, -0.2) is 63.4 Å². The molecule has 0 radical (unpaired) electrons. The molecule has 34 heavy (non-hydrogen) atoms. The SMILES string of the molecule is CCOCC1(NC(=O)C2CN(c3nc4c(cc3F)c(=O)c(C(=O)O)cn4-c3nccs3)C2)CC1. The summed E-state index contributed by atoms with van der Waals surface area (Å²) in [6, 6.07) is 1.01. The van der Waals surface area contributed by atoms with Gasteiger partial charge in [0.15, 0.2) is 22.4 Å². The molecule has 1 aliphatic heterocycles. The lowest BCUT2D eigenvalue weighted by Crippen LogP contribution is -2.56. The quantitative estimate of drug-likeness (QED) is 0.493. The van der Waals surface area contributed by atoms with Crippen LogP contribution in [0.3, 0.4) is 0 Å². The van der Waals surface area contributed by atoms with Gasteiger partial charge in [-0.05, 0) is 25.8 Å². The zero-order valence-electron chi connectivity index (χ0n) is 18.3. The van der Waals surface area contributed by atoms with Gasteiger partial charge in [0.1, 0.15) is 5.56 Å². The van der Waals surface area contributed by atoms with E-state index in [0.29, 0.717) is 18.3 Å². The number of anilines is 1. The molecule has 1 amide bonds. The van der Waals surface area contributed by atoms with Crippen LogP contribution in [0.2, 0.25) is 0 Å². The topological polar surface area (TPSA) is 127 Å². The summed E-state index contributed by atoms with van der Waals surface area (Å²) >= 11 is 1.22. The number of ether oxygens (including phenoxy) is 1. The molecule has 1 saturated heterocycles. The van der Waals surface area contributed by atoms with E-state index < -0.39 is 22.8 Å². The molecule has 1 aliphatic carbocycles. The molecule has 2 fully saturated rings. The van der Waals surface area contributed by atoms with E-state index in [1.165, 1.54) is 22.1 Å². The number of pyridine rings is 2. The smallest absolute Gasteiger partial charge is 0.341 e. The van der Waals surface area contributed by atoms with Crippen LogP contribution in [-0.2, 0) is 9.53 Å². The summed E-state index contributed by atoms with van der Waals surface area (Å²) in [5.41, 5.74) is -1.51. The Morgan fingerprint density at radius 2 is 2.15 bits per heavy atom. The second-order valence-electron chi connectivity index (χ2n) is 8.54. The number of carboxylic acids is 1. The summed E-state index contributed by atoms with van der Waals surface area (Å²) in [5, 5.41) is 14.4. The van der Waals surface area contributed by atoms with Crippen LogP contribution in [0.15, 0.2) is 28.6 Å². The Bertz CT molecular complexity index is 1330. The zero-order chi connectivity index (χ0) is 24.0. The Labute approximate surface area is 197 Å². The standard InChI is InChI=1S/C22H22FN5O5S/c1-2-33-11-22(3-4-22)26-19(30)12-8-27(9-12)18-15(23)7-13-16(29)14(20(31)32)10-28(17(13)25-18)21-24-5-6-34-21/h5-7,10,12H,2-4,8-9,11H2,1H3,(H,26,30)(H,31,32). The molecule has 12 heteroatoms. The molecule has 0 bridgehead atoms. The molecule has 2 N–H and O–H groups in total. The van der Waals surface area contributed by atoms with E-state index in [0.717, 1.165) is 25.1 Å². The van der Waals surface area contributed by atoms with Crippen molar-refractivity contribution < 1.29 is 23.8 Å². The number of carbonyl (C=O) groups excluding carboxylic acids is 1. The number of aromatic carboxylic acids is 1. The third-order valence-corrected chi connectivity index (χ3v) is 6.92. The largest absolute Gasteiger partial charge is 0.477 e. The number of rotatable bonds is 8. The maximum atomic E-state index is 15.0. The maximum Gasteiger partial charge on any atom is 0.341 e. The monoisotopic (exact) mass is 487 g/mol. The van der Waals surface area contributed by atoms with Crippen LogP contribution >= 0.6 is 11.3 Å². The molecule has 10 nitrogen and oxygen atoms in total. The fourth-order valence-electron chi connectivity index (χ4n) is 4.00. The summed E-state index contributed by atoms with van der Waals surface area (Å²) in [6.45, 7) is 3.53. The van der Waals surface area contributed by atoms with Crippen molar-refractivity contribution in [2.75, 3.05) is 31.2 Å². The van der Waals surface area contributed by atoms with Gasteiger partial charge in [0.05, 0.1) is 23.4 Å². The minimum Gasteiger partial charge on any atom is -0.477 e. The minimum atomic E-state index is -1.42. The zero-order valence-corrected chi connectivity index (χ0v) is 19.1. The number of hydrogen-bond donors (Lipinski definition) is 2. The second-order valence-corrected chi connectivity index (χ2v) is 9.41. The van der Waals surface area contributed by atoms with Gasteiger partial charge >= 0.3 is 5.97 Å². The number of carbonyl (C=O) groups is 2. The first-order valence-corrected chi connectivity index (χ1v) is 11.7. The average molecular weight is 488 g/mol. The minimum absolute atomic E-state index is 0.000201. The van der Waals surface area contributed by atoms with Gasteiger partial charge in [-0.15, -0.1) is 11.3 Å². The van der Waals surface area contributed by atoms with Gasteiger partial charge in [0.25, 0.3) is 0 Å². The van der Waals surface area contributed by atoms with Crippen molar-refractivity contribution in [3.8, 4) is 5.13 Å². The molecule has 0 unspecified atom stereocenters. The van der Waals surface area contributed by atoms with E-state index in [4.69, 9.17) is 4.74 Å². The lowest BCUT2D eigenvalue weighted by molar-refractivity contribution is -0.127. The number of fused-ring (bicyclic) bond motifs is 1. The van der Waals surface area contributed by atoms with Gasteiger partial charge in [0.2, 0.25) is 11.3 Å². The summed E-state index contributed by atoms with van der Waals surface area (Å²) in [7, 11) is 0. The van der Waals surface area contributed by atoms with E-state index in [-0.39, 0.29) is 47.3 Å². The van der Waals surface area contributed by atoms with Gasteiger partial charge in [-0.2, -0.15) is 0 Å². The van der Waals surface area contributed by atoms with E-state index in [9.17, 15) is 23.9 Å². The van der Waals surface area contributed by atoms with Crippen molar-refractivity contribution in [1.29, 1.82) is 0 Å². The number of nitrogens with zero attached hydrogens (tertiary/aromatic N) is 4. The van der Waals surface area contributed by atoms with E-state index in [2.05, 4.69) is 15.3 Å². The lowest BCUT2D eigenvalue weighted by Gasteiger charge is -2.40. The van der Waals surface area contributed by atoms with Crippen LogP contribution in [0.5, 0.6) is 0 Å². The number of aromatic nitrogens is 3. The molecular weight excluding hydrogens is 465 g/mol. The summed E-state index contributed by atoms with van der Waals surface area (Å²) in [5.74, 6) is -2.59. The van der Waals surface area contributed by atoms with Gasteiger partial charge in [-0.25, -0.2) is 19.2 Å². The first kappa shape index (κ1) is 22.4. The first-order valence-electron chi connectivity index (χ1n) is 10.9. The molecule has 3 aromatic rings. The normalized spacial score (nSPS) is 16.9. The van der Waals surface area contributed by atoms with Crippen LogP contribution < -0.4 is 15.6 Å². The Hall–Kier alpha value is -3.38. The number of hydrogen-bond acceptors (Lipinski definition) is 8. The van der Waals surface area contributed by atoms with Crippen LogP contribution in [0.25, 0.3) is 16.2 Å². The molecule has 178 valence electrons. The molecule has 3 aromatic heterocycles.